The maximum absolute atomic E-state index is 4.99. The maximum Gasteiger partial charge on any atom is 1.00 e. The molecule has 1 rings (SSSR count). The second kappa shape index (κ2) is 5.98. The van der Waals surface area contributed by atoms with Gasteiger partial charge in [0.05, 0.1) is 0 Å². The fourth-order valence-corrected chi connectivity index (χ4v) is 1.17. The van der Waals surface area contributed by atoms with Crippen LogP contribution in [-0.4, -0.2) is 0 Å². The Morgan fingerprint density at radius 2 is 1.75 bits per heavy atom. The topological polar surface area (TPSA) is 0 Å². The third-order valence-electron chi connectivity index (χ3n) is 2.06. The first-order valence-corrected chi connectivity index (χ1v) is 4.42. The average molecular weight is 188 g/mol. The molecule has 0 N–H and O–H groups in total. The molecule has 0 heterocycles. The summed E-state index contributed by atoms with van der Waals surface area (Å²) in [4.78, 5) is 0.928. The van der Waals surface area contributed by atoms with Gasteiger partial charge >= 0.3 is 29.6 Å². The van der Waals surface area contributed by atoms with E-state index < -0.39 is 0 Å². The van der Waals surface area contributed by atoms with Crippen molar-refractivity contribution in [2.24, 2.45) is 0 Å². The van der Waals surface area contributed by atoms with Gasteiger partial charge in [-0.2, -0.15) is 4.90 Å². The molecule has 0 spiro atoms. The molecule has 12 heavy (non-hydrogen) atoms. The Hall–Kier alpha value is 0.440. The van der Waals surface area contributed by atoms with E-state index in [0.717, 1.165) is 4.90 Å². The summed E-state index contributed by atoms with van der Waals surface area (Å²) in [6.07, 6.45) is 1.19. The van der Waals surface area contributed by atoms with Crippen LogP contribution in [0.2, 0.25) is 0 Å². The van der Waals surface area contributed by atoms with Crippen LogP contribution in [0.5, 0.6) is 0 Å². The van der Waals surface area contributed by atoms with Gasteiger partial charge in [0.25, 0.3) is 0 Å². The number of rotatable bonds is 2. The SMILES string of the molecule is CCC(C)c1ccc([S-])cc1.[Na+]. The van der Waals surface area contributed by atoms with Crippen molar-refractivity contribution in [1.29, 1.82) is 0 Å². The van der Waals surface area contributed by atoms with Gasteiger partial charge in [0.15, 0.2) is 0 Å². The van der Waals surface area contributed by atoms with E-state index in [1.165, 1.54) is 12.0 Å². The van der Waals surface area contributed by atoms with Gasteiger partial charge < -0.3 is 12.6 Å². The zero-order valence-corrected chi connectivity index (χ0v) is 10.8. The molecule has 0 aromatic heterocycles. The molecule has 0 bridgehead atoms. The quantitative estimate of drug-likeness (QED) is 0.469. The van der Waals surface area contributed by atoms with Gasteiger partial charge in [0, 0.05) is 0 Å². The van der Waals surface area contributed by atoms with Gasteiger partial charge in [0.2, 0.25) is 0 Å². The molecular weight excluding hydrogens is 175 g/mol. The van der Waals surface area contributed by atoms with Crippen molar-refractivity contribution in [1.82, 2.24) is 0 Å². The summed E-state index contributed by atoms with van der Waals surface area (Å²) in [5.41, 5.74) is 1.39. The summed E-state index contributed by atoms with van der Waals surface area (Å²) in [6.45, 7) is 4.44. The fourth-order valence-electron chi connectivity index (χ4n) is 1.03. The number of benzene rings is 1. The predicted molar refractivity (Wildman–Crippen MR) is 50.8 cm³/mol. The van der Waals surface area contributed by atoms with Crippen LogP contribution in [0.1, 0.15) is 31.7 Å². The first kappa shape index (κ1) is 12.4. The number of hydrogen-bond acceptors (Lipinski definition) is 1. The van der Waals surface area contributed by atoms with Crippen molar-refractivity contribution in [3.63, 3.8) is 0 Å². The molecule has 2 heteroatoms. The van der Waals surface area contributed by atoms with Crippen molar-refractivity contribution >= 4 is 12.6 Å². The molecule has 0 saturated heterocycles. The second-order valence-electron chi connectivity index (χ2n) is 2.88. The zero-order chi connectivity index (χ0) is 8.27. The Bertz CT molecular complexity index is 218. The van der Waals surface area contributed by atoms with Crippen LogP contribution < -0.4 is 29.6 Å². The minimum atomic E-state index is 0. The molecule has 1 unspecified atom stereocenters. The summed E-state index contributed by atoms with van der Waals surface area (Å²) in [5.74, 6) is 0.658. The van der Waals surface area contributed by atoms with Crippen LogP contribution in [0.4, 0.5) is 0 Å². The Kier molecular flexibility index (Phi) is 6.20. The Balaban J connectivity index is 0.00000121. The summed E-state index contributed by atoms with van der Waals surface area (Å²) in [5, 5.41) is 0. The molecule has 0 fully saturated rings. The minimum absolute atomic E-state index is 0. The van der Waals surface area contributed by atoms with E-state index in [1.807, 2.05) is 12.1 Å². The van der Waals surface area contributed by atoms with Crippen LogP contribution in [0.15, 0.2) is 29.2 Å². The standard InChI is InChI=1S/C10H14S.Na/c1-3-8(2)9-4-6-10(11)7-5-9;/h4-8,11H,3H2,1-2H3;/q;+1/p-1. The molecule has 1 aromatic rings. The van der Waals surface area contributed by atoms with Gasteiger partial charge in [0.1, 0.15) is 0 Å². The summed E-state index contributed by atoms with van der Waals surface area (Å²) in [7, 11) is 0. The molecule has 1 aromatic carbocycles. The summed E-state index contributed by atoms with van der Waals surface area (Å²) >= 11 is 4.99. The van der Waals surface area contributed by atoms with Crippen molar-refractivity contribution < 1.29 is 29.6 Å². The van der Waals surface area contributed by atoms with Crippen molar-refractivity contribution in [3.05, 3.63) is 29.8 Å². The van der Waals surface area contributed by atoms with Gasteiger partial charge in [-0.3, -0.25) is 0 Å². The number of hydrogen-bond donors (Lipinski definition) is 0. The Morgan fingerprint density at radius 3 is 2.17 bits per heavy atom. The zero-order valence-electron chi connectivity index (χ0n) is 8.00. The molecule has 0 radical (unpaired) electrons. The summed E-state index contributed by atoms with van der Waals surface area (Å²) < 4.78 is 0. The molecule has 60 valence electrons. The minimum Gasteiger partial charge on any atom is -0.780 e. The molecule has 0 nitrogen and oxygen atoms in total. The third kappa shape index (κ3) is 3.44. The monoisotopic (exact) mass is 188 g/mol. The van der Waals surface area contributed by atoms with Crippen LogP contribution in [0.25, 0.3) is 0 Å². The van der Waals surface area contributed by atoms with Crippen LogP contribution in [0, 0.1) is 0 Å². The van der Waals surface area contributed by atoms with Gasteiger partial charge in [-0.05, 0) is 17.9 Å². The Morgan fingerprint density at radius 1 is 1.25 bits per heavy atom. The first-order valence-electron chi connectivity index (χ1n) is 4.01. The Labute approximate surface area is 102 Å². The molecule has 0 aliphatic heterocycles. The molecule has 0 amide bonds. The van der Waals surface area contributed by atoms with Crippen LogP contribution in [0.3, 0.4) is 0 Å². The molecule has 0 aliphatic carbocycles. The van der Waals surface area contributed by atoms with E-state index in [9.17, 15) is 0 Å². The molecule has 0 aliphatic rings. The third-order valence-corrected chi connectivity index (χ3v) is 2.33. The van der Waals surface area contributed by atoms with Crippen molar-refractivity contribution in [2.45, 2.75) is 31.1 Å². The largest absolute Gasteiger partial charge is 1.00 e. The van der Waals surface area contributed by atoms with Crippen molar-refractivity contribution in [3.8, 4) is 0 Å². The van der Waals surface area contributed by atoms with E-state index in [4.69, 9.17) is 12.6 Å². The molecule has 0 saturated carbocycles. The van der Waals surface area contributed by atoms with Crippen LogP contribution >= 0.6 is 0 Å². The van der Waals surface area contributed by atoms with E-state index in [1.54, 1.807) is 0 Å². The van der Waals surface area contributed by atoms with Crippen molar-refractivity contribution in [2.75, 3.05) is 0 Å². The second-order valence-corrected chi connectivity index (χ2v) is 3.35. The van der Waals surface area contributed by atoms with Gasteiger partial charge in [-0.1, -0.05) is 38.1 Å². The summed E-state index contributed by atoms with van der Waals surface area (Å²) in [6, 6.07) is 8.24. The van der Waals surface area contributed by atoms with Gasteiger partial charge in [-0.15, -0.1) is 0 Å². The smallest absolute Gasteiger partial charge is 0.780 e. The van der Waals surface area contributed by atoms with E-state index >= 15 is 0 Å². The normalized spacial score (nSPS) is 11.8. The van der Waals surface area contributed by atoms with E-state index in [-0.39, 0.29) is 29.6 Å². The van der Waals surface area contributed by atoms with Crippen LogP contribution in [-0.2, 0) is 12.6 Å². The molecular formula is C10H13NaS. The fraction of sp³-hybridized carbons (Fsp3) is 0.400. The van der Waals surface area contributed by atoms with E-state index in [2.05, 4.69) is 26.0 Å². The predicted octanol–water partition coefficient (Wildman–Crippen LogP) is 0.110. The van der Waals surface area contributed by atoms with Gasteiger partial charge in [-0.25, -0.2) is 0 Å². The van der Waals surface area contributed by atoms with E-state index in [0.29, 0.717) is 5.92 Å². The average Bonchev–Trinajstić information content (AvgIpc) is 2.05. The maximum atomic E-state index is 4.99. The molecule has 1 atom stereocenters. The first-order chi connectivity index (χ1) is 5.24.